The number of hydrogen-bond donors (Lipinski definition) is 0. The van der Waals surface area contributed by atoms with Gasteiger partial charge in [-0.2, -0.15) is 0 Å². The number of ether oxygens (including phenoxy) is 3. The number of esters is 3. The molecule has 0 aromatic carbocycles. The summed E-state index contributed by atoms with van der Waals surface area (Å²) < 4.78 is 16.9. The predicted octanol–water partition coefficient (Wildman–Crippen LogP) is 22.7. The molecule has 0 heterocycles. The maximum absolute atomic E-state index is 12.9. The third-order valence-electron chi connectivity index (χ3n) is 14.8. The molecule has 0 radical (unpaired) electrons. The van der Waals surface area contributed by atoms with Crippen LogP contribution in [0, 0.1) is 0 Å². The van der Waals surface area contributed by atoms with Crippen LogP contribution in [0.15, 0.2) is 60.8 Å². The molecule has 0 aromatic heterocycles. The van der Waals surface area contributed by atoms with Gasteiger partial charge in [0.05, 0.1) is 0 Å². The van der Waals surface area contributed by atoms with Gasteiger partial charge in [0.15, 0.2) is 6.10 Å². The fourth-order valence-corrected chi connectivity index (χ4v) is 9.83. The van der Waals surface area contributed by atoms with Gasteiger partial charge in [-0.3, -0.25) is 14.4 Å². The molecule has 0 saturated heterocycles. The molecule has 76 heavy (non-hydrogen) atoms. The van der Waals surface area contributed by atoms with Crippen molar-refractivity contribution >= 4 is 17.9 Å². The molecule has 1 atom stereocenters. The summed E-state index contributed by atoms with van der Waals surface area (Å²) in [6, 6.07) is 0. The Hall–Kier alpha value is -2.89. The molecule has 0 rings (SSSR count). The number of allylic oxidation sites excluding steroid dienone is 10. The third-order valence-corrected chi connectivity index (χ3v) is 14.8. The van der Waals surface area contributed by atoms with E-state index in [1.54, 1.807) is 0 Å². The van der Waals surface area contributed by atoms with Crippen LogP contribution >= 0.6 is 0 Å². The Labute approximate surface area is 472 Å². The number of rotatable bonds is 61. The van der Waals surface area contributed by atoms with Crippen LogP contribution < -0.4 is 0 Å². The maximum atomic E-state index is 12.9. The lowest BCUT2D eigenvalue weighted by atomic mass is 10.0. The minimum absolute atomic E-state index is 0.0777. The van der Waals surface area contributed by atoms with Crippen molar-refractivity contribution in [3.05, 3.63) is 60.8 Å². The number of carbonyl (C=O) groups is 3. The molecule has 0 N–H and O–H groups in total. The van der Waals surface area contributed by atoms with E-state index in [2.05, 4.69) is 81.5 Å². The summed E-state index contributed by atoms with van der Waals surface area (Å²) >= 11 is 0. The molecule has 0 spiro atoms. The van der Waals surface area contributed by atoms with Crippen LogP contribution in [-0.2, 0) is 28.6 Å². The molecular weight excluding hydrogens is 937 g/mol. The summed E-state index contributed by atoms with van der Waals surface area (Å²) in [5.41, 5.74) is 0. The lowest BCUT2D eigenvalue weighted by Crippen LogP contribution is -2.30. The number of unbranched alkanes of at least 4 members (excludes halogenated alkanes) is 40. The zero-order valence-corrected chi connectivity index (χ0v) is 50.8. The molecule has 0 aliphatic rings. The van der Waals surface area contributed by atoms with Crippen LogP contribution in [0.3, 0.4) is 0 Å². The van der Waals surface area contributed by atoms with Crippen molar-refractivity contribution in [2.24, 2.45) is 0 Å². The van der Waals surface area contributed by atoms with Crippen molar-refractivity contribution < 1.29 is 28.6 Å². The van der Waals surface area contributed by atoms with E-state index in [-0.39, 0.29) is 31.1 Å². The van der Waals surface area contributed by atoms with Gasteiger partial charge in [0.2, 0.25) is 0 Å². The van der Waals surface area contributed by atoms with Crippen LogP contribution in [0.1, 0.15) is 348 Å². The molecule has 6 heteroatoms. The fourth-order valence-electron chi connectivity index (χ4n) is 9.83. The Bertz CT molecular complexity index is 1360. The average molecular weight is 1060 g/mol. The topological polar surface area (TPSA) is 78.9 Å². The SMILES string of the molecule is CC/C=C\C/C=C\C/C=C\C/C=C\C/C=C\CCCCCCCC(=O)OC(COC(=O)CCCCCCCCCCCCCC)COC(=O)CCCCCCCCCCCCCCCCCCCCCCCCCCC. The molecule has 0 amide bonds. The van der Waals surface area contributed by atoms with Crippen LogP contribution in [0.5, 0.6) is 0 Å². The second-order valence-electron chi connectivity index (χ2n) is 22.4. The highest BCUT2D eigenvalue weighted by Crippen LogP contribution is 2.18. The van der Waals surface area contributed by atoms with Crippen molar-refractivity contribution in [3.8, 4) is 0 Å². The van der Waals surface area contributed by atoms with Gasteiger partial charge in [0, 0.05) is 19.3 Å². The first-order valence-corrected chi connectivity index (χ1v) is 33.3. The summed E-state index contributed by atoms with van der Waals surface area (Å²) in [6.07, 6.45) is 82.4. The van der Waals surface area contributed by atoms with E-state index < -0.39 is 6.10 Å². The van der Waals surface area contributed by atoms with Crippen molar-refractivity contribution in [1.82, 2.24) is 0 Å². The lowest BCUT2D eigenvalue weighted by Gasteiger charge is -2.18. The first kappa shape index (κ1) is 73.1. The van der Waals surface area contributed by atoms with Gasteiger partial charge in [-0.1, -0.05) is 326 Å². The van der Waals surface area contributed by atoms with Gasteiger partial charge in [-0.05, 0) is 64.2 Å². The zero-order chi connectivity index (χ0) is 55.0. The highest BCUT2D eigenvalue weighted by atomic mass is 16.6. The van der Waals surface area contributed by atoms with Crippen LogP contribution in [0.4, 0.5) is 0 Å². The van der Waals surface area contributed by atoms with E-state index in [1.165, 1.54) is 199 Å². The minimum atomic E-state index is -0.782. The van der Waals surface area contributed by atoms with Gasteiger partial charge in [-0.15, -0.1) is 0 Å². The Morgan fingerprint density at radius 2 is 0.513 bits per heavy atom. The highest BCUT2D eigenvalue weighted by Gasteiger charge is 2.19. The van der Waals surface area contributed by atoms with Gasteiger partial charge in [-0.25, -0.2) is 0 Å². The zero-order valence-electron chi connectivity index (χ0n) is 50.8. The Kier molecular flexibility index (Phi) is 62.2. The summed E-state index contributed by atoms with van der Waals surface area (Å²) in [7, 11) is 0. The van der Waals surface area contributed by atoms with Crippen molar-refractivity contribution in [3.63, 3.8) is 0 Å². The Balaban J connectivity index is 4.27. The van der Waals surface area contributed by atoms with Crippen molar-refractivity contribution in [1.29, 1.82) is 0 Å². The number of carbonyl (C=O) groups excluding carboxylic acids is 3. The quantitative estimate of drug-likeness (QED) is 0.0261. The van der Waals surface area contributed by atoms with E-state index >= 15 is 0 Å². The van der Waals surface area contributed by atoms with Crippen molar-refractivity contribution in [2.45, 2.75) is 354 Å². The first-order chi connectivity index (χ1) is 37.5. The summed E-state index contributed by atoms with van der Waals surface area (Å²) in [5, 5.41) is 0. The van der Waals surface area contributed by atoms with Gasteiger partial charge < -0.3 is 14.2 Å². The fraction of sp³-hybridized carbons (Fsp3) is 0.814. The standard InChI is InChI=1S/C70H126O6/c1-4-7-10-13-16-19-22-25-27-29-31-33-34-35-36-38-39-41-43-45-48-51-54-57-60-63-69(72)75-66-67(65-74-68(71)62-59-56-53-50-47-24-21-18-15-12-9-6-3)76-70(73)64-61-58-55-52-49-46-44-42-40-37-32-30-28-26-23-20-17-14-11-8-5-2/h8,11,17,20,26,28,32,37,42,44,67H,4-7,9-10,12-16,18-19,21-25,27,29-31,33-36,38-41,43,45-66H2,1-3H3/b11-8-,20-17-,28-26-,37-32-,44-42-. The lowest BCUT2D eigenvalue weighted by molar-refractivity contribution is -0.167. The summed E-state index contributed by atoms with van der Waals surface area (Å²) in [6.45, 7) is 6.56. The van der Waals surface area contributed by atoms with Crippen LogP contribution in [0.25, 0.3) is 0 Å². The molecule has 0 saturated carbocycles. The summed E-state index contributed by atoms with van der Waals surface area (Å²) in [4.78, 5) is 38.3. The second-order valence-corrected chi connectivity index (χ2v) is 22.4. The average Bonchev–Trinajstić information content (AvgIpc) is 3.42. The number of hydrogen-bond acceptors (Lipinski definition) is 6. The first-order valence-electron chi connectivity index (χ1n) is 33.3. The molecule has 0 aliphatic heterocycles. The molecule has 0 aromatic rings. The van der Waals surface area contributed by atoms with Gasteiger partial charge in [0.25, 0.3) is 0 Å². The van der Waals surface area contributed by atoms with Crippen LogP contribution in [-0.4, -0.2) is 37.2 Å². The van der Waals surface area contributed by atoms with Crippen LogP contribution in [0.2, 0.25) is 0 Å². The van der Waals surface area contributed by atoms with Gasteiger partial charge >= 0.3 is 17.9 Å². The predicted molar refractivity (Wildman–Crippen MR) is 330 cm³/mol. The Morgan fingerprint density at radius 1 is 0.276 bits per heavy atom. The molecule has 0 aliphatic carbocycles. The normalized spacial score (nSPS) is 12.4. The highest BCUT2D eigenvalue weighted by molar-refractivity contribution is 5.71. The van der Waals surface area contributed by atoms with Crippen molar-refractivity contribution in [2.75, 3.05) is 13.2 Å². The second kappa shape index (κ2) is 64.6. The van der Waals surface area contributed by atoms with E-state index in [0.717, 1.165) is 109 Å². The summed E-state index contributed by atoms with van der Waals surface area (Å²) in [5.74, 6) is -0.876. The smallest absolute Gasteiger partial charge is 0.306 e. The maximum Gasteiger partial charge on any atom is 0.306 e. The van der Waals surface area contributed by atoms with E-state index in [4.69, 9.17) is 14.2 Å². The van der Waals surface area contributed by atoms with E-state index in [0.29, 0.717) is 19.3 Å². The third kappa shape index (κ3) is 62.0. The van der Waals surface area contributed by atoms with Gasteiger partial charge in [0.1, 0.15) is 13.2 Å². The molecule has 6 nitrogen and oxygen atoms in total. The monoisotopic (exact) mass is 1060 g/mol. The Morgan fingerprint density at radius 3 is 0.803 bits per heavy atom. The largest absolute Gasteiger partial charge is 0.462 e. The van der Waals surface area contributed by atoms with E-state index in [1.807, 2.05) is 0 Å². The molecule has 0 fully saturated rings. The molecular formula is C70H126O6. The molecule has 442 valence electrons. The molecule has 0 bridgehead atoms. The molecule has 1 unspecified atom stereocenters. The minimum Gasteiger partial charge on any atom is -0.462 e. The van der Waals surface area contributed by atoms with E-state index in [9.17, 15) is 14.4 Å².